The van der Waals surface area contributed by atoms with Gasteiger partial charge in [-0.1, -0.05) is 0 Å². The minimum absolute atomic E-state index is 0.0179. The Morgan fingerprint density at radius 1 is 1.19 bits per heavy atom. The molecular weight excluding hydrogens is 408 g/mol. The molecule has 0 radical (unpaired) electrons. The molecule has 0 unspecified atom stereocenters. The van der Waals surface area contributed by atoms with E-state index in [-0.39, 0.29) is 16.4 Å². The molecule has 0 aliphatic rings. The van der Waals surface area contributed by atoms with Gasteiger partial charge in [0.25, 0.3) is 0 Å². The fraction of sp³-hybridized carbons (Fsp3) is 0.0769. The van der Waals surface area contributed by atoms with E-state index in [9.17, 15) is 12.8 Å². The number of nitrogens with one attached hydrogen (secondary N) is 2. The van der Waals surface area contributed by atoms with E-state index in [1.807, 2.05) is 22.6 Å². The second kappa shape index (κ2) is 6.16. The van der Waals surface area contributed by atoms with Gasteiger partial charge in [0.15, 0.2) is 0 Å². The molecule has 2 aromatic rings. The summed E-state index contributed by atoms with van der Waals surface area (Å²) < 4.78 is 39.4. The van der Waals surface area contributed by atoms with E-state index in [1.54, 1.807) is 12.1 Å². The van der Waals surface area contributed by atoms with E-state index in [4.69, 9.17) is 5.73 Å². The minimum atomic E-state index is -3.59. The molecule has 0 aliphatic heterocycles. The number of anilines is 3. The lowest BCUT2D eigenvalue weighted by Gasteiger charge is -2.11. The van der Waals surface area contributed by atoms with Gasteiger partial charge in [0.05, 0.1) is 11.4 Å². The maximum Gasteiger partial charge on any atom is 0.242 e. The van der Waals surface area contributed by atoms with E-state index in [2.05, 4.69) is 10.0 Å². The van der Waals surface area contributed by atoms with Crippen molar-refractivity contribution in [3.8, 4) is 0 Å². The lowest BCUT2D eigenvalue weighted by molar-refractivity contribution is 0.588. The second-order valence-electron chi connectivity index (χ2n) is 4.21. The summed E-state index contributed by atoms with van der Waals surface area (Å²) in [6.07, 6.45) is 0. The van der Waals surface area contributed by atoms with E-state index < -0.39 is 10.0 Å². The van der Waals surface area contributed by atoms with Gasteiger partial charge in [-0.15, -0.1) is 0 Å². The maximum absolute atomic E-state index is 13.0. The Morgan fingerprint density at radius 2 is 1.90 bits per heavy atom. The summed E-state index contributed by atoms with van der Waals surface area (Å²) in [7, 11) is -2.26. The predicted molar refractivity (Wildman–Crippen MR) is 89.5 cm³/mol. The normalized spacial score (nSPS) is 11.4. The number of nitrogens with two attached hydrogens (primary N) is 1. The SMILES string of the molecule is CNS(=O)(=O)c1ccc(Nc2ccc(F)cc2I)cc1N. The second-order valence-corrected chi connectivity index (χ2v) is 7.23. The van der Waals surface area contributed by atoms with Crippen molar-refractivity contribution in [2.24, 2.45) is 0 Å². The van der Waals surface area contributed by atoms with Crippen molar-refractivity contribution in [2.75, 3.05) is 18.1 Å². The van der Waals surface area contributed by atoms with Crippen molar-refractivity contribution in [1.82, 2.24) is 4.72 Å². The predicted octanol–water partition coefficient (Wildman–Crippen LogP) is 2.66. The highest BCUT2D eigenvalue weighted by Crippen LogP contribution is 2.27. The molecule has 0 heterocycles. The summed E-state index contributed by atoms with van der Waals surface area (Å²) in [6, 6.07) is 8.87. The van der Waals surface area contributed by atoms with Gasteiger partial charge in [0, 0.05) is 9.26 Å². The summed E-state index contributed by atoms with van der Waals surface area (Å²) in [5.41, 5.74) is 7.24. The van der Waals surface area contributed by atoms with Crippen molar-refractivity contribution < 1.29 is 12.8 Å². The van der Waals surface area contributed by atoms with Gasteiger partial charge in [0.2, 0.25) is 10.0 Å². The Morgan fingerprint density at radius 3 is 2.48 bits per heavy atom. The molecule has 5 nitrogen and oxygen atoms in total. The first-order valence-electron chi connectivity index (χ1n) is 5.88. The largest absolute Gasteiger partial charge is 0.398 e. The molecule has 0 bridgehead atoms. The molecule has 0 aliphatic carbocycles. The number of hydrogen-bond acceptors (Lipinski definition) is 4. The number of nitrogen functional groups attached to an aromatic ring is 1. The average molecular weight is 421 g/mol. The number of rotatable bonds is 4. The lowest BCUT2D eigenvalue weighted by atomic mass is 10.2. The van der Waals surface area contributed by atoms with Crippen molar-refractivity contribution in [3.63, 3.8) is 0 Å². The van der Waals surface area contributed by atoms with Gasteiger partial charge >= 0.3 is 0 Å². The smallest absolute Gasteiger partial charge is 0.242 e. The van der Waals surface area contributed by atoms with Gasteiger partial charge in [-0.2, -0.15) is 0 Å². The third-order valence-corrected chi connectivity index (χ3v) is 5.16. The molecule has 4 N–H and O–H groups in total. The van der Waals surface area contributed by atoms with Crippen LogP contribution in [0.1, 0.15) is 0 Å². The number of hydrogen-bond donors (Lipinski definition) is 3. The van der Waals surface area contributed by atoms with Gasteiger partial charge in [-0.25, -0.2) is 17.5 Å². The summed E-state index contributed by atoms with van der Waals surface area (Å²) in [5, 5.41) is 3.07. The number of halogens is 2. The summed E-state index contributed by atoms with van der Waals surface area (Å²) in [5.74, 6) is -0.320. The van der Waals surface area contributed by atoms with Crippen LogP contribution in [0.2, 0.25) is 0 Å². The number of benzene rings is 2. The van der Waals surface area contributed by atoms with Crippen LogP contribution in [0.25, 0.3) is 0 Å². The monoisotopic (exact) mass is 421 g/mol. The lowest BCUT2D eigenvalue weighted by Crippen LogP contribution is -2.19. The molecule has 0 aromatic heterocycles. The van der Waals surface area contributed by atoms with Crippen LogP contribution in [-0.2, 0) is 10.0 Å². The Hall–Kier alpha value is -1.39. The van der Waals surface area contributed by atoms with E-state index in [0.29, 0.717) is 14.9 Å². The third-order valence-electron chi connectivity index (χ3n) is 2.78. The molecule has 112 valence electrons. The topological polar surface area (TPSA) is 84.2 Å². The molecule has 0 saturated heterocycles. The molecule has 0 atom stereocenters. The zero-order valence-corrected chi connectivity index (χ0v) is 14.0. The average Bonchev–Trinajstić information content (AvgIpc) is 2.42. The Labute approximate surface area is 135 Å². The van der Waals surface area contributed by atoms with Gasteiger partial charge in [-0.3, -0.25) is 0 Å². The van der Waals surface area contributed by atoms with Crippen LogP contribution in [0, 0.1) is 9.39 Å². The van der Waals surface area contributed by atoms with Gasteiger partial charge < -0.3 is 11.1 Å². The maximum atomic E-state index is 13.0. The van der Waals surface area contributed by atoms with Crippen LogP contribution in [-0.4, -0.2) is 15.5 Å². The van der Waals surface area contributed by atoms with Crippen LogP contribution < -0.4 is 15.8 Å². The molecule has 2 aromatic carbocycles. The highest BCUT2D eigenvalue weighted by atomic mass is 127. The number of sulfonamides is 1. The fourth-order valence-corrected chi connectivity index (χ4v) is 3.18. The standard InChI is InChI=1S/C13H13FIN3O2S/c1-17-21(19,20)13-5-3-9(7-11(13)16)18-12-4-2-8(14)6-10(12)15/h2-7,17-18H,16H2,1H3. The summed E-state index contributed by atoms with van der Waals surface area (Å²) >= 11 is 2.01. The first kappa shape index (κ1) is 16.0. The van der Waals surface area contributed by atoms with E-state index in [1.165, 1.54) is 31.3 Å². The quantitative estimate of drug-likeness (QED) is 0.524. The van der Waals surface area contributed by atoms with E-state index in [0.717, 1.165) is 0 Å². The molecule has 0 spiro atoms. The highest BCUT2D eigenvalue weighted by Gasteiger charge is 2.15. The molecule has 2 rings (SSSR count). The summed E-state index contributed by atoms with van der Waals surface area (Å²) in [4.78, 5) is 0.0179. The van der Waals surface area contributed by atoms with Crippen LogP contribution in [0.5, 0.6) is 0 Å². The first-order chi connectivity index (χ1) is 9.83. The van der Waals surface area contributed by atoms with Crippen LogP contribution in [0.3, 0.4) is 0 Å². The molecule has 21 heavy (non-hydrogen) atoms. The zero-order valence-electron chi connectivity index (χ0n) is 11.0. The first-order valence-corrected chi connectivity index (χ1v) is 8.45. The van der Waals surface area contributed by atoms with Crippen LogP contribution in [0.4, 0.5) is 21.5 Å². The molecule has 0 fully saturated rings. The Kier molecular flexibility index (Phi) is 4.69. The van der Waals surface area contributed by atoms with Crippen LogP contribution >= 0.6 is 22.6 Å². The summed E-state index contributed by atoms with van der Waals surface area (Å²) in [6.45, 7) is 0. The van der Waals surface area contributed by atoms with Crippen molar-refractivity contribution >= 4 is 49.7 Å². The Balaban J connectivity index is 2.33. The molecule has 0 amide bonds. The minimum Gasteiger partial charge on any atom is -0.398 e. The fourth-order valence-electron chi connectivity index (χ4n) is 1.73. The van der Waals surface area contributed by atoms with Crippen LogP contribution in [0.15, 0.2) is 41.3 Å². The highest BCUT2D eigenvalue weighted by molar-refractivity contribution is 14.1. The van der Waals surface area contributed by atoms with Crippen molar-refractivity contribution in [3.05, 3.63) is 45.8 Å². The molecule has 8 heteroatoms. The van der Waals surface area contributed by atoms with Gasteiger partial charge in [0.1, 0.15) is 10.7 Å². The van der Waals surface area contributed by atoms with Crippen molar-refractivity contribution in [1.29, 1.82) is 0 Å². The Bertz CT molecular complexity index is 781. The van der Waals surface area contributed by atoms with Gasteiger partial charge in [-0.05, 0) is 66.0 Å². The zero-order chi connectivity index (χ0) is 15.6. The van der Waals surface area contributed by atoms with E-state index >= 15 is 0 Å². The van der Waals surface area contributed by atoms with Crippen molar-refractivity contribution in [2.45, 2.75) is 4.90 Å². The molecular formula is C13H13FIN3O2S. The third kappa shape index (κ3) is 3.63. The molecule has 0 saturated carbocycles.